The van der Waals surface area contributed by atoms with Crippen molar-refractivity contribution in [3.8, 4) is 0 Å². The van der Waals surface area contributed by atoms with Gasteiger partial charge in [-0.3, -0.25) is 9.59 Å². The van der Waals surface area contributed by atoms with Gasteiger partial charge in [-0.25, -0.2) is 0 Å². The van der Waals surface area contributed by atoms with E-state index in [2.05, 4.69) is 18.9 Å². The Morgan fingerprint density at radius 3 is 2.40 bits per heavy atom. The standard InChI is InChI=1S/C15H22N2O3/c1-9-8-17(6-5-16(9)2)14(18)12-10-3-4-11(7-10)13(12)15(19)20/h3-4,9-13H,5-8H2,1-2H3,(H,19,20). The lowest BCUT2D eigenvalue weighted by atomic mass is 9.82. The molecule has 2 aliphatic carbocycles. The van der Waals surface area contributed by atoms with Crippen LogP contribution in [0.4, 0.5) is 0 Å². The fourth-order valence-electron chi connectivity index (χ4n) is 3.96. The van der Waals surface area contributed by atoms with Crippen molar-refractivity contribution in [2.45, 2.75) is 19.4 Å². The molecule has 3 aliphatic rings. The van der Waals surface area contributed by atoms with E-state index in [1.807, 2.05) is 17.1 Å². The number of carboxylic acids is 1. The summed E-state index contributed by atoms with van der Waals surface area (Å²) in [5, 5.41) is 9.43. The van der Waals surface area contributed by atoms with E-state index >= 15 is 0 Å². The van der Waals surface area contributed by atoms with Crippen LogP contribution in [0.1, 0.15) is 13.3 Å². The first kappa shape index (κ1) is 13.6. The third-order valence-corrected chi connectivity index (χ3v) is 5.30. The second kappa shape index (κ2) is 4.88. The van der Waals surface area contributed by atoms with Crippen LogP contribution in [0.25, 0.3) is 0 Å². The molecule has 0 radical (unpaired) electrons. The smallest absolute Gasteiger partial charge is 0.307 e. The van der Waals surface area contributed by atoms with Crippen molar-refractivity contribution in [3.05, 3.63) is 12.2 Å². The Labute approximate surface area is 119 Å². The van der Waals surface area contributed by atoms with Crippen LogP contribution in [0.2, 0.25) is 0 Å². The van der Waals surface area contributed by atoms with Gasteiger partial charge in [0.2, 0.25) is 5.91 Å². The summed E-state index contributed by atoms with van der Waals surface area (Å²) >= 11 is 0. The predicted molar refractivity (Wildman–Crippen MR) is 74.0 cm³/mol. The first-order chi connectivity index (χ1) is 9.49. The first-order valence-electron chi connectivity index (χ1n) is 7.39. The quantitative estimate of drug-likeness (QED) is 0.754. The molecule has 3 rings (SSSR count). The van der Waals surface area contributed by atoms with Crippen LogP contribution < -0.4 is 0 Å². The predicted octanol–water partition coefficient (Wildman–Crippen LogP) is 0.672. The Kier molecular flexibility index (Phi) is 3.32. The van der Waals surface area contributed by atoms with Gasteiger partial charge in [-0.05, 0) is 32.2 Å². The van der Waals surface area contributed by atoms with Gasteiger partial charge >= 0.3 is 5.97 Å². The summed E-state index contributed by atoms with van der Waals surface area (Å²) in [7, 11) is 2.06. The second-order valence-electron chi connectivity index (χ2n) is 6.45. The molecule has 0 aromatic rings. The molecule has 1 aliphatic heterocycles. The zero-order valence-corrected chi connectivity index (χ0v) is 12.0. The van der Waals surface area contributed by atoms with Crippen molar-refractivity contribution in [1.82, 2.24) is 9.80 Å². The summed E-state index contributed by atoms with van der Waals surface area (Å²) in [6, 6.07) is 0.338. The highest BCUT2D eigenvalue weighted by Gasteiger charge is 2.52. The van der Waals surface area contributed by atoms with Crippen LogP contribution in [0.15, 0.2) is 12.2 Å². The molecule has 5 nitrogen and oxygen atoms in total. The molecule has 1 saturated carbocycles. The molecule has 0 spiro atoms. The maximum absolute atomic E-state index is 12.8. The summed E-state index contributed by atoms with van der Waals surface area (Å²) in [5.41, 5.74) is 0. The highest BCUT2D eigenvalue weighted by molar-refractivity contribution is 5.87. The number of fused-ring (bicyclic) bond motifs is 2. The molecule has 2 bridgehead atoms. The molecule has 0 aromatic carbocycles. The highest BCUT2D eigenvalue weighted by Crippen LogP contribution is 2.48. The number of allylic oxidation sites excluding steroid dienone is 2. The molecule has 0 aromatic heterocycles. The number of hydrogen-bond acceptors (Lipinski definition) is 3. The zero-order chi connectivity index (χ0) is 14.4. The Morgan fingerprint density at radius 2 is 1.80 bits per heavy atom. The number of carbonyl (C=O) groups excluding carboxylic acids is 1. The van der Waals surface area contributed by atoms with E-state index in [-0.39, 0.29) is 23.7 Å². The molecule has 1 amide bonds. The van der Waals surface area contributed by atoms with Crippen molar-refractivity contribution in [1.29, 1.82) is 0 Å². The maximum Gasteiger partial charge on any atom is 0.307 e. The molecule has 1 heterocycles. The normalized spacial score (nSPS) is 40.3. The lowest BCUT2D eigenvalue weighted by molar-refractivity contribution is -0.152. The van der Waals surface area contributed by atoms with Gasteiger partial charge in [0.05, 0.1) is 11.8 Å². The van der Waals surface area contributed by atoms with Gasteiger partial charge < -0.3 is 14.9 Å². The summed E-state index contributed by atoms with van der Waals surface area (Å²) in [4.78, 5) is 28.4. The van der Waals surface area contributed by atoms with E-state index in [0.717, 1.165) is 13.0 Å². The Morgan fingerprint density at radius 1 is 1.15 bits per heavy atom. The van der Waals surface area contributed by atoms with Crippen LogP contribution in [0.5, 0.6) is 0 Å². The third-order valence-electron chi connectivity index (χ3n) is 5.30. The van der Waals surface area contributed by atoms with Gasteiger partial charge in [0, 0.05) is 25.7 Å². The van der Waals surface area contributed by atoms with E-state index in [0.29, 0.717) is 19.1 Å². The van der Waals surface area contributed by atoms with Crippen LogP contribution in [-0.4, -0.2) is 59.5 Å². The summed E-state index contributed by atoms with van der Waals surface area (Å²) in [5.74, 6) is -1.46. The zero-order valence-electron chi connectivity index (χ0n) is 12.0. The summed E-state index contributed by atoms with van der Waals surface area (Å²) in [6.45, 7) is 4.39. The second-order valence-corrected chi connectivity index (χ2v) is 6.45. The molecule has 20 heavy (non-hydrogen) atoms. The molecular weight excluding hydrogens is 256 g/mol. The van der Waals surface area contributed by atoms with Crippen molar-refractivity contribution < 1.29 is 14.7 Å². The fourth-order valence-corrected chi connectivity index (χ4v) is 3.96. The number of carboxylic acid groups (broad SMARTS) is 1. The number of nitrogens with zero attached hydrogens (tertiary/aromatic N) is 2. The topological polar surface area (TPSA) is 60.9 Å². The van der Waals surface area contributed by atoms with Gasteiger partial charge in [0.1, 0.15) is 0 Å². The minimum atomic E-state index is -0.817. The number of amides is 1. The van der Waals surface area contributed by atoms with Crippen LogP contribution >= 0.6 is 0 Å². The van der Waals surface area contributed by atoms with Gasteiger partial charge in [0.15, 0.2) is 0 Å². The summed E-state index contributed by atoms with van der Waals surface area (Å²) in [6.07, 6.45) is 4.86. The average molecular weight is 278 g/mol. The van der Waals surface area contributed by atoms with Crippen LogP contribution in [0.3, 0.4) is 0 Å². The molecule has 5 atom stereocenters. The van der Waals surface area contributed by atoms with Gasteiger partial charge in [0.25, 0.3) is 0 Å². The third kappa shape index (κ3) is 2.04. The Balaban J connectivity index is 1.77. The molecule has 5 heteroatoms. The van der Waals surface area contributed by atoms with Crippen LogP contribution in [-0.2, 0) is 9.59 Å². The maximum atomic E-state index is 12.8. The molecule has 5 unspecified atom stereocenters. The first-order valence-corrected chi connectivity index (χ1v) is 7.39. The molecule has 1 saturated heterocycles. The fraction of sp³-hybridized carbons (Fsp3) is 0.733. The minimum absolute atomic E-state index is 0.0502. The van der Waals surface area contributed by atoms with Crippen LogP contribution in [0, 0.1) is 23.7 Å². The number of likely N-dealkylation sites (N-methyl/N-ethyl adjacent to an activating group) is 1. The summed E-state index contributed by atoms with van der Waals surface area (Å²) < 4.78 is 0. The Hall–Kier alpha value is -1.36. The van der Waals surface area contributed by atoms with E-state index in [1.54, 1.807) is 0 Å². The van der Waals surface area contributed by atoms with Crippen molar-refractivity contribution in [2.75, 3.05) is 26.7 Å². The SMILES string of the molecule is CC1CN(C(=O)C2C3C=CC(C3)C2C(=O)O)CCN1C. The monoisotopic (exact) mass is 278 g/mol. The lowest BCUT2D eigenvalue weighted by Gasteiger charge is -2.40. The number of hydrogen-bond donors (Lipinski definition) is 1. The van der Waals surface area contributed by atoms with E-state index < -0.39 is 11.9 Å². The number of carbonyl (C=O) groups is 2. The van der Waals surface area contributed by atoms with Gasteiger partial charge in [-0.1, -0.05) is 12.2 Å². The van der Waals surface area contributed by atoms with Crippen molar-refractivity contribution in [3.63, 3.8) is 0 Å². The minimum Gasteiger partial charge on any atom is -0.481 e. The molecule has 110 valence electrons. The molecule has 2 fully saturated rings. The molecule has 1 N–H and O–H groups in total. The van der Waals surface area contributed by atoms with E-state index in [4.69, 9.17) is 0 Å². The lowest BCUT2D eigenvalue weighted by Crippen LogP contribution is -2.54. The van der Waals surface area contributed by atoms with Gasteiger partial charge in [-0.15, -0.1) is 0 Å². The van der Waals surface area contributed by atoms with E-state index in [9.17, 15) is 14.7 Å². The molecular formula is C15H22N2O3. The average Bonchev–Trinajstić information content (AvgIpc) is 3.01. The largest absolute Gasteiger partial charge is 0.481 e. The van der Waals surface area contributed by atoms with Gasteiger partial charge in [-0.2, -0.15) is 0 Å². The van der Waals surface area contributed by atoms with Crippen molar-refractivity contribution >= 4 is 11.9 Å². The van der Waals surface area contributed by atoms with E-state index in [1.165, 1.54) is 0 Å². The number of piperazine rings is 1. The highest BCUT2D eigenvalue weighted by atomic mass is 16.4. The number of aliphatic carboxylic acids is 1. The number of rotatable bonds is 2. The van der Waals surface area contributed by atoms with Crippen molar-refractivity contribution in [2.24, 2.45) is 23.7 Å². The Bertz CT molecular complexity index is 462.